The Morgan fingerprint density at radius 2 is 1.78 bits per heavy atom. The van der Waals surface area contributed by atoms with Crippen molar-refractivity contribution >= 4 is 29.1 Å². The number of carbonyl (C=O) groups excluding carboxylic acids is 2. The van der Waals surface area contributed by atoms with E-state index in [1.54, 1.807) is 17.1 Å². The molecule has 2 bridgehead atoms. The monoisotopic (exact) mass is 533 g/mol. The first-order chi connectivity index (χ1) is 17.4. The van der Waals surface area contributed by atoms with E-state index >= 15 is 0 Å². The topological polar surface area (TPSA) is 52.7 Å². The van der Waals surface area contributed by atoms with Gasteiger partial charge in [0.25, 0.3) is 5.91 Å². The Morgan fingerprint density at radius 3 is 2.38 bits per heavy atom. The Labute approximate surface area is 219 Å². The zero-order valence-electron chi connectivity index (χ0n) is 21.1. The molecule has 1 aliphatic heterocycles. The zero-order valence-corrected chi connectivity index (χ0v) is 21.8. The minimum Gasteiger partial charge on any atom is -0.352 e. The second-order valence-electron chi connectivity index (χ2n) is 11.3. The van der Waals surface area contributed by atoms with Crippen LogP contribution in [0.3, 0.4) is 0 Å². The third-order valence-electron chi connectivity index (χ3n) is 8.93. The van der Waals surface area contributed by atoms with Crippen LogP contribution in [0.15, 0.2) is 48.5 Å². The van der Waals surface area contributed by atoms with Gasteiger partial charge in [0.15, 0.2) is 0 Å². The molecule has 1 saturated heterocycles. The molecule has 3 aliphatic carbocycles. The Bertz CT molecular complexity index is 1200. The zero-order chi connectivity index (χ0) is 26.7. The minimum absolute atomic E-state index is 0.00853. The van der Waals surface area contributed by atoms with Crippen molar-refractivity contribution in [2.24, 2.45) is 29.1 Å². The predicted molar refractivity (Wildman–Crippen MR) is 135 cm³/mol. The third kappa shape index (κ3) is 4.63. The predicted octanol–water partition coefficient (Wildman–Crippen LogP) is 5.93. The van der Waals surface area contributed by atoms with Crippen molar-refractivity contribution in [3.8, 4) is 0 Å². The summed E-state index contributed by atoms with van der Waals surface area (Å²) >= 11 is 6.35. The number of carbonyl (C=O) groups is 2. The molecule has 5 nitrogen and oxygen atoms in total. The smallest absolute Gasteiger partial charge is 0.352 e. The summed E-state index contributed by atoms with van der Waals surface area (Å²) in [5, 5.41) is 6.66. The van der Waals surface area contributed by atoms with Crippen LogP contribution < -0.4 is 10.3 Å². The van der Waals surface area contributed by atoms with E-state index in [-0.39, 0.29) is 36.1 Å². The number of hydrogen-bond donors (Lipinski definition) is 1. The molecule has 9 heteroatoms. The molecule has 198 valence electrons. The number of alkyl halides is 3. The number of fused-ring (bicyclic) bond motifs is 2. The normalized spacial score (nSPS) is 29.2. The number of hydrogen-bond acceptors (Lipinski definition) is 3. The molecule has 4 fully saturated rings. The van der Waals surface area contributed by atoms with Gasteiger partial charge >= 0.3 is 6.18 Å². The summed E-state index contributed by atoms with van der Waals surface area (Å²) in [7, 11) is 0. The summed E-state index contributed by atoms with van der Waals surface area (Å²) in [6.07, 6.45) is -2.42. The molecule has 6 rings (SSSR count). The standard InChI is InChI=1S/C28H31ClF3N3O2/c1-16-22-12-19(27(22,2)3)13-24(16)33-25(36)21-15-34(14-17-6-4-5-7-23(17)29)35(26(21)37)20-10-8-18(9-11-20)28(30,31)32/h4-11,16,19,21-22,24H,12-15H2,1-3H3,(H,33,36)/t16-,19?,21?,22?,24?/m1/s1. The van der Waals surface area contributed by atoms with Gasteiger partial charge in [-0.05, 0) is 71.9 Å². The number of benzene rings is 2. The highest BCUT2D eigenvalue weighted by atomic mass is 35.5. The lowest BCUT2D eigenvalue weighted by Gasteiger charge is -2.62. The summed E-state index contributed by atoms with van der Waals surface area (Å²) in [6, 6.07) is 11.6. The van der Waals surface area contributed by atoms with Crippen molar-refractivity contribution in [2.45, 2.75) is 52.4 Å². The SMILES string of the molecule is C[C@H]1C(NC(=O)C2CN(Cc3ccccc3Cl)N(c3ccc(C(F)(F)F)cc3)C2=O)CC2CC1C2(C)C. The van der Waals surface area contributed by atoms with Gasteiger partial charge in [0, 0.05) is 24.2 Å². The average molecular weight is 534 g/mol. The van der Waals surface area contributed by atoms with Crippen LogP contribution in [0.1, 0.15) is 44.7 Å². The lowest BCUT2D eigenvalue weighted by atomic mass is 9.45. The van der Waals surface area contributed by atoms with Crippen LogP contribution in [-0.4, -0.2) is 29.4 Å². The van der Waals surface area contributed by atoms with E-state index in [9.17, 15) is 22.8 Å². The Kier molecular flexibility index (Phi) is 6.55. The van der Waals surface area contributed by atoms with Crippen molar-refractivity contribution in [3.63, 3.8) is 0 Å². The van der Waals surface area contributed by atoms with Gasteiger partial charge in [0.2, 0.25) is 5.91 Å². The van der Waals surface area contributed by atoms with Crippen LogP contribution in [0.25, 0.3) is 0 Å². The van der Waals surface area contributed by atoms with Crippen LogP contribution in [0.5, 0.6) is 0 Å². The fourth-order valence-electron chi connectivity index (χ4n) is 6.52. The minimum atomic E-state index is -4.49. The highest BCUT2D eigenvalue weighted by Gasteiger charge is 2.57. The lowest BCUT2D eigenvalue weighted by molar-refractivity contribution is -0.139. The van der Waals surface area contributed by atoms with Crippen LogP contribution in [0.4, 0.5) is 18.9 Å². The van der Waals surface area contributed by atoms with Gasteiger partial charge in [0.1, 0.15) is 5.92 Å². The second-order valence-corrected chi connectivity index (χ2v) is 11.7. The molecule has 3 saturated carbocycles. The molecule has 2 amide bonds. The summed E-state index contributed by atoms with van der Waals surface area (Å²) in [5.41, 5.74) is 0.491. The molecule has 4 unspecified atom stereocenters. The van der Waals surface area contributed by atoms with E-state index < -0.39 is 23.6 Å². The number of rotatable bonds is 5. The van der Waals surface area contributed by atoms with Crippen molar-refractivity contribution in [3.05, 3.63) is 64.7 Å². The number of nitrogens with one attached hydrogen (secondary N) is 1. The number of hydrazine groups is 1. The van der Waals surface area contributed by atoms with Crippen molar-refractivity contribution < 1.29 is 22.8 Å². The largest absolute Gasteiger partial charge is 0.416 e. The van der Waals surface area contributed by atoms with Gasteiger partial charge in [-0.15, -0.1) is 0 Å². The quantitative estimate of drug-likeness (QED) is 0.485. The molecule has 0 radical (unpaired) electrons. The third-order valence-corrected chi connectivity index (χ3v) is 9.30. The van der Waals surface area contributed by atoms with Crippen molar-refractivity contribution in [1.82, 2.24) is 10.3 Å². The highest BCUT2D eigenvalue weighted by molar-refractivity contribution is 6.31. The Hall–Kier alpha value is -2.58. The lowest BCUT2D eigenvalue weighted by Crippen LogP contribution is -2.61. The van der Waals surface area contributed by atoms with Gasteiger partial charge in [-0.1, -0.05) is 50.6 Å². The molecule has 0 spiro atoms. The maximum atomic E-state index is 13.6. The Morgan fingerprint density at radius 1 is 1.11 bits per heavy atom. The van der Waals surface area contributed by atoms with Crippen molar-refractivity contribution in [2.75, 3.05) is 11.6 Å². The van der Waals surface area contributed by atoms with Gasteiger partial charge in [-0.3, -0.25) is 9.59 Å². The molecule has 2 aromatic rings. The van der Waals surface area contributed by atoms with Gasteiger partial charge in [0.05, 0.1) is 11.3 Å². The van der Waals surface area contributed by atoms with Crippen LogP contribution >= 0.6 is 11.6 Å². The van der Waals surface area contributed by atoms with E-state index in [1.807, 2.05) is 12.1 Å². The summed E-state index contributed by atoms with van der Waals surface area (Å²) in [5.74, 6) is -0.360. The first kappa shape index (κ1) is 26.0. The first-order valence-electron chi connectivity index (χ1n) is 12.7. The maximum absolute atomic E-state index is 13.6. The van der Waals surface area contributed by atoms with Crippen LogP contribution in [0, 0.1) is 29.1 Å². The second kappa shape index (κ2) is 9.31. The fraction of sp³-hybridized carbons (Fsp3) is 0.500. The van der Waals surface area contributed by atoms with Gasteiger partial charge in [-0.2, -0.15) is 13.2 Å². The van der Waals surface area contributed by atoms with E-state index in [0.29, 0.717) is 22.8 Å². The first-order valence-corrected chi connectivity index (χ1v) is 13.1. The molecule has 5 atom stereocenters. The summed E-state index contributed by atoms with van der Waals surface area (Å²) < 4.78 is 39.4. The van der Waals surface area contributed by atoms with E-state index in [1.165, 1.54) is 23.6 Å². The number of halogens is 4. The molecule has 2 aromatic carbocycles. The molecular weight excluding hydrogens is 503 g/mol. The number of nitrogens with zero attached hydrogens (tertiary/aromatic N) is 2. The maximum Gasteiger partial charge on any atom is 0.416 e. The van der Waals surface area contributed by atoms with Crippen LogP contribution in [-0.2, 0) is 22.3 Å². The summed E-state index contributed by atoms with van der Waals surface area (Å²) in [4.78, 5) is 27.0. The van der Waals surface area contributed by atoms with Gasteiger partial charge in [-0.25, -0.2) is 10.0 Å². The van der Waals surface area contributed by atoms with Gasteiger partial charge < -0.3 is 5.32 Å². The van der Waals surface area contributed by atoms with Crippen molar-refractivity contribution in [1.29, 1.82) is 0 Å². The summed E-state index contributed by atoms with van der Waals surface area (Å²) in [6.45, 7) is 7.08. The molecule has 37 heavy (non-hydrogen) atoms. The fourth-order valence-corrected chi connectivity index (χ4v) is 6.71. The molecule has 1 heterocycles. The Balaban J connectivity index is 1.38. The molecule has 4 aliphatic rings. The molecule has 0 aromatic heterocycles. The van der Waals surface area contributed by atoms with E-state index in [2.05, 4.69) is 26.1 Å². The number of anilines is 1. The highest BCUT2D eigenvalue weighted by Crippen LogP contribution is 2.61. The van der Waals surface area contributed by atoms with E-state index in [0.717, 1.165) is 24.1 Å². The average Bonchev–Trinajstić information content (AvgIpc) is 3.16. The number of amides is 2. The van der Waals surface area contributed by atoms with Crippen LogP contribution in [0.2, 0.25) is 5.02 Å². The molecular formula is C28H31ClF3N3O2. The van der Waals surface area contributed by atoms with E-state index in [4.69, 9.17) is 11.6 Å². The molecule has 1 N–H and O–H groups in total.